The Balaban J connectivity index is 1.22. The summed E-state index contributed by atoms with van der Waals surface area (Å²) >= 11 is 1.89. The largest absolute Gasteiger partial charge is 0.352 e. The summed E-state index contributed by atoms with van der Waals surface area (Å²) in [6.07, 6.45) is 16.2. The van der Waals surface area contributed by atoms with Crippen molar-refractivity contribution in [2.45, 2.75) is 37.8 Å². The highest BCUT2D eigenvalue weighted by molar-refractivity contribution is 7.26. The minimum absolute atomic E-state index is 0.0993. The van der Waals surface area contributed by atoms with E-state index in [1.807, 2.05) is 11.3 Å². The lowest BCUT2D eigenvalue weighted by atomic mass is 9.78. The number of benzene rings is 5. The van der Waals surface area contributed by atoms with Gasteiger partial charge < -0.3 is 9.47 Å². The second kappa shape index (κ2) is 9.70. The number of para-hydroxylation sites is 3. The van der Waals surface area contributed by atoms with E-state index >= 15 is 0 Å². The second-order valence-electron chi connectivity index (χ2n) is 13.7. The lowest BCUT2D eigenvalue weighted by Gasteiger charge is -2.50. The van der Waals surface area contributed by atoms with Crippen LogP contribution in [0.2, 0.25) is 0 Å². The average Bonchev–Trinajstić information content (AvgIpc) is 3.73. The number of allylic oxidation sites excluding steroid dienone is 4. The van der Waals surface area contributed by atoms with Crippen molar-refractivity contribution in [3.63, 3.8) is 0 Å². The monoisotopic (exact) mass is 622 g/mol. The molecular weight excluding hydrogens is 589 g/mol. The first-order chi connectivity index (χ1) is 23.1. The van der Waals surface area contributed by atoms with Gasteiger partial charge in [0, 0.05) is 47.8 Å². The Morgan fingerprint density at radius 3 is 2.28 bits per heavy atom. The van der Waals surface area contributed by atoms with Crippen molar-refractivity contribution >= 4 is 70.1 Å². The third kappa shape index (κ3) is 3.66. The van der Waals surface area contributed by atoms with Crippen molar-refractivity contribution in [3.05, 3.63) is 157 Å². The van der Waals surface area contributed by atoms with Crippen LogP contribution in [-0.2, 0) is 0 Å². The highest BCUT2D eigenvalue weighted by Gasteiger charge is 2.50. The SMILES string of the molecule is CC1(N2c3ccccc3C3=CC=CCC32C)C=C(c2ccccc2-n2c3ccccc3c3ccc4sc5ccccc5c4c32)C=CC1. The molecule has 47 heavy (non-hydrogen) atoms. The van der Waals surface area contributed by atoms with Gasteiger partial charge in [-0.05, 0) is 68.2 Å². The third-order valence-corrected chi connectivity index (χ3v) is 12.0. The Kier molecular flexibility index (Phi) is 5.58. The van der Waals surface area contributed by atoms with Crippen LogP contribution < -0.4 is 4.90 Å². The molecule has 3 aliphatic rings. The van der Waals surface area contributed by atoms with Crippen LogP contribution in [0.1, 0.15) is 37.8 Å². The highest BCUT2D eigenvalue weighted by atomic mass is 32.1. The van der Waals surface area contributed by atoms with Gasteiger partial charge in [0.25, 0.3) is 0 Å². The van der Waals surface area contributed by atoms with Crippen molar-refractivity contribution in [2.75, 3.05) is 4.90 Å². The molecule has 0 N–H and O–H groups in total. The minimum atomic E-state index is -0.208. The van der Waals surface area contributed by atoms with Crippen LogP contribution in [0, 0.1) is 0 Å². The first-order valence-corrected chi connectivity index (χ1v) is 17.5. The van der Waals surface area contributed by atoms with E-state index in [1.54, 1.807) is 0 Å². The van der Waals surface area contributed by atoms with E-state index in [9.17, 15) is 0 Å². The molecule has 2 atom stereocenters. The Bertz CT molecular complexity index is 2570. The maximum Gasteiger partial charge on any atom is 0.0675 e. The highest BCUT2D eigenvalue weighted by Crippen LogP contribution is 2.55. The summed E-state index contributed by atoms with van der Waals surface area (Å²) in [5.41, 5.74) is 10.1. The number of hydrogen-bond acceptors (Lipinski definition) is 2. The predicted octanol–water partition coefficient (Wildman–Crippen LogP) is 11.9. The van der Waals surface area contributed by atoms with Gasteiger partial charge in [-0.1, -0.05) is 115 Å². The summed E-state index contributed by atoms with van der Waals surface area (Å²) in [5.74, 6) is 0. The number of rotatable bonds is 3. The van der Waals surface area contributed by atoms with Crippen LogP contribution in [0.15, 0.2) is 146 Å². The standard InChI is InChI=1S/C44H34N2S/c1-43(46-38-22-9-5-17-33(38)35-19-11-12-27-44(35,46)2)26-13-14-29(28-43)30-15-3-7-20-36(30)45-37-21-8-4-16-31(37)32-24-25-40-41(42(32)45)34-18-6-10-23-39(34)47-40/h3-25,28H,26-27H2,1-2H3. The topological polar surface area (TPSA) is 8.17 Å². The van der Waals surface area contributed by atoms with Crippen LogP contribution in [0.25, 0.3) is 58.8 Å². The normalized spacial score (nSPS) is 21.9. The van der Waals surface area contributed by atoms with Crippen LogP contribution in [-0.4, -0.2) is 15.6 Å². The number of hydrogen-bond donors (Lipinski definition) is 0. The summed E-state index contributed by atoms with van der Waals surface area (Å²) in [7, 11) is 0. The molecule has 2 aromatic heterocycles. The fourth-order valence-corrected chi connectivity index (χ4v) is 10.1. The molecule has 2 nitrogen and oxygen atoms in total. The zero-order valence-electron chi connectivity index (χ0n) is 26.6. The zero-order valence-corrected chi connectivity index (χ0v) is 27.4. The predicted molar refractivity (Wildman–Crippen MR) is 203 cm³/mol. The van der Waals surface area contributed by atoms with Crippen LogP contribution >= 0.6 is 11.3 Å². The number of aromatic nitrogens is 1. The number of thiophene rings is 1. The molecule has 10 rings (SSSR count). The van der Waals surface area contributed by atoms with Gasteiger partial charge in [-0.3, -0.25) is 0 Å². The van der Waals surface area contributed by atoms with Gasteiger partial charge in [0.2, 0.25) is 0 Å². The summed E-state index contributed by atoms with van der Waals surface area (Å²) in [6, 6.07) is 40.5. The molecule has 0 fully saturated rings. The molecule has 2 unspecified atom stereocenters. The van der Waals surface area contributed by atoms with Crippen molar-refractivity contribution in [1.29, 1.82) is 0 Å². The molecule has 0 saturated heterocycles. The molecular formula is C44H34N2S. The summed E-state index contributed by atoms with van der Waals surface area (Å²) < 4.78 is 5.21. The number of fused-ring (bicyclic) bond motifs is 10. The van der Waals surface area contributed by atoms with Crippen molar-refractivity contribution in [3.8, 4) is 5.69 Å². The molecule has 0 bridgehead atoms. The van der Waals surface area contributed by atoms with Gasteiger partial charge in [0.05, 0.1) is 27.8 Å². The van der Waals surface area contributed by atoms with Gasteiger partial charge in [0.15, 0.2) is 0 Å². The second-order valence-corrected chi connectivity index (χ2v) is 14.8. The zero-order chi connectivity index (χ0) is 31.3. The average molecular weight is 623 g/mol. The Hall–Kier alpha value is -5.12. The van der Waals surface area contributed by atoms with E-state index in [4.69, 9.17) is 0 Å². The smallest absolute Gasteiger partial charge is 0.0675 e. The van der Waals surface area contributed by atoms with Crippen molar-refractivity contribution in [1.82, 2.24) is 4.57 Å². The van der Waals surface area contributed by atoms with Gasteiger partial charge in [-0.15, -0.1) is 11.3 Å². The van der Waals surface area contributed by atoms with E-state index in [0.29, 0.717) is 0 Å². The van der Waals surface area contributed by atoms with Crippen LogP contribution in [0.3, 0.4) is 0 Å². The molecule has 0 spiro atoms. The quantitative estimate of drug-likeness (QED) is 0.190. The van der Waals surface area contributed by atoms with Gasteiger partial charge in [-0.25, -0.2) is 0 Å². The molecule has 2 aliphatic carbocycles. The van der Waals surface area contributed by atoms with Gasteiger partial charge >= 0.3 is 0 Å². The fraction of sp³-hybridized carbons (Fsp3) is 0.136. The van der Waals surface area contributed by atoms with E-state index in [0.717, 1.165) is 12.8 Å². The van der Waals surface area contributed by atoms with Crippen molar-refractivity contribution < 1.29 is 0 Å². The van der Waals surface area contributed by atoms with E-state index in [2.05, 4.69) is 169 Å². The summed E-state index contributed by atoms with van der Waals surface area (Å²) in [4.78, 5) is 2.72. The molecule has 0 amide bonds. The first-order valence-electron chi connectivity index (χ1n) is 16.6. The van der Waals surface area contributed by atoms with Gasteiger partial charge in [-0.2, -0.15) is 0 Å². The molecule has 0 saturated carbocycles. The maximum absolute atomic E-state index is 2.72. The third-order valence-electron chi connectivity index (χ3n) is 10.9. The Morgan fingerprint density at radius 2 is 1.38 bits per heavy atom. The van der Waals surface area contributed by atoms with Crippen molar-refractivity contribution in [2.24, 2.45) is 0 Å². The molecule has 1 aliphatic heterocycles. The number of anilines is 1. The molecule has 5 aromatic carbocycles. The number of nitrogens with zero attached hydrogens (tertiary/aromatic N) is 2. The molecule has 7 aromatic rings. The van der Waals surface area contributed by atoms with E-state index in [1.165, 1.54) is 75.6 Å². The lowest BCUT2D eigenvalue weighted by Crippen LogP contribution is -2.56. The van der Waals surface area contributed by atoms with Crippen LogP contribution in [0.5, 0.6) is 0 Å². The molecule has 3 heterocycles. The minimum Gasteiger partial charge on any atom is -0.352 e. The first kappa shape index (κ1) is 27.0. The summed E-state index contributed by atoms with van der Waals surface area (Å²) in [6.45, 7) is 4.87. The fourth-order valence-electron chi connectivity index (χ4n) is 8.96. The Morgan fingerprint density at radius 1 is 0.638 bits per heavy atom. The lowest BCUT2D eigenvalue weighted by molar-refractivity contribution is 0.418. The van der Waals surface area contributed by atoms with E-state index < -0.39 is 0 Å². The van der Waals surface area contributed by atoms with E-state index in [-0.39, 0.29) is 11.1 Å². The van der Waals surface area contributed by atoms with Crippen LogP contribution in [0.4, 0.5) is 5.69 Å². The molecule has 226 valence electrons. The molecule has 3 heteroatoms. The summed E-state index contributed by atoms with van der Waals surface area (Å²) in [5, 5.41) is 5.27. The maximum atomic E-state index is 2.72. The Labute approximate surface area is 278 Å². The van der Waals surface area contributed by atoms with Gasteiger partial charge in [0.1, 0.15) is 0 Å². The molecule has 0 radical (unpaired) electrons.